The fourth-order valence-corrected chi connectivity index (χ4v) is 3.98. The molecule has 0 aliphatic rings. The van der Waals surface area contributed by atoms with E-state index in [1.165, 1.54) is 32.4 Å². The van der Waals surface area contributed by atoms with Crippen molar-refractivity contribution in [1.82, 2.24) is 9.88 Å². The van der Waals surface area contributed by atoms with E-state index in [4.69, 9.17) is 24.1 Å². The number of ether oxygens (including phenoxy) is 3. The van der Waals surface area contributed by atoms with Gasteiger partial charge in [0.25, 0.3) is 5.91 Å². The Morgan fingerprint density at radius 1 is 0.867 bits per heavy atom. The number of carboxylic acid groups (broad SMARTS) is 2. The second-order valence-corrected chi connectivity index (χ2v) is 9.26. The molecule has 1 amide bonds. The summed E-state index contributed by atoms with van der Waals surface area (Å²) in [6, 6.07) is 19.0. The Labute approximate surface area is 254 Å². The minimum Gasteiger partial charge on any atom is -0.493 e. The highest BCUT2D eigenvalue weighted by atomic mass is 19.4. The fraction of sp³-hybridized carbons (Fsp3) is 0.194. The highest BCUT2D eigenvalue weighted by Crippen LogP contribution is 2.35. The van der Waals surface area contributed by atoms with E-state index in [1.54, 1.807) is 30.1 Å². The first-order chi connectivity index (χ1) is 21.3. The molecule has 4 rings (SSSR count). The number of halogens is 3. The van der Waals surface area contributed by atoms with Gasteiger partial charge in [0.15, 0.2) is 18.1 Å². The number of fused-ring (bicyclic) bond motifs is 1. The first-order valence-corrected chi connectivity index (χ1v) is 12.9. The molecule has 14 heteroatoms. The van der Waals surface area contributed by atoms with Gasteiger partial charge in [0.2, 0.25) is 5.78 Å². The third-order valence-corrected chi connectivity index (χ3v) is 6.23. The van der Waals surface area contributed by atoms with E-state index in [1.807, 2.05) is 30.3 Å². The quantitative estimate of drug-likeness (QED) is 0.233. The van der Waals surface area contributed by atoms with Gasteiger partial charge in [-0.25, -0.2) is 9.59 Å². The number of carbonyl (C=O) groups excluding carboxylic acids is 2. The molecule has 0 fully saturated rings. The van der Waals surface area contributed by atoms with Crippen LogP contribution in [0.25, 0.3) is 10.8 Å². The van der Waals surface area contributed by atoms with E-state index in [2.05, 4.69) is 4.98 Å². The number of likely N-dealkylation sites (N-methyl/N-ethyl adjacent to an activating group) is 1. The van der Waals surface area contributed by atoms with Gasteiger partial charge in [0.1, 0.15) is 11.4 Å². The molecule has 236 valence electrons. The molecule has 1 aromatic heterocycles. The normalized spacial score (nSPS) is 10.7. The Morgan fingerprint density at radius 3 is 2.02 bits per heavy atom. The Kier molecular flexibility index (Phi) is 11.0. The Hall–Kier alpha value is -5.66. The van der Waals surface area contributed by atoms with E-state index in [-0.39, 0.29) is 34.7 Å². The molecule has 0 atom stereocenters. The van der Waals surface area contributed by atoms with Crippen LogP contribution in [0.2, 0.25) is 0 Å². The molecule has 2 N–H and O–H groups in total. The van der Waals surface area contributed by atoms with E-state index < -0.39 is 23.9 Å². The van der Waals surface area contributed by atoms with Gasteiger partial charge in [0.05, 0.1) is 19.8 Å². The fourth-order valence-electron chi connectivity index (χ4n) is 3.98. The summed E-state index contributed by atoms with van der Waals surface area (Å²) in [7, 11) is 4.57. The Morgan fingerprint density at radius 2 is 1.47 bits per heavy atom. The number of methoxy groups -OCH3 is 2. The summed E-state index contributed by atoms with van der Waals surface area (Å²) in [5, 5.41) is 17.3. The molecular weight excluding hydrogens is 601 g/mol. The van der Waals surface area contributed by atoms with Gasteiger partial charge in [0, 0.05) is 36.1 Å². The smallest absolute Gasteiger partial charge is 0.490 e. The van der Waals surface area contributed by atoms with Crippen LogP contribution in [-0.4, -0.2) is 77.8 Å². The van der Waals surface area contributed by atoms with Crippen LogP contribution in [-0.2, 0) is 16.1 Å². The molecule has 0 saturated heterocycles. The summed E-state index contributed by atoms with van der Waals surface area (Å²) < 4.78 is 48.1. The molecule has 0 unspecified atom stereocenters. The second kappa shape index (κ2) is 14.7. The summed E-state index contributed by atoms with van der Waals surface area (Å²) in [6.07, 6.45) is -3.94. The molecule has 0 bridgehead atoms. The summed E-state index contributed by atoms with van der Waals surface area (Å²) in [4.78, 5) is 52.5. The van der Waals surface area contributed by atoms with Crippen molar-refractivity contribution in [3.63, 3.8) is 0 Å². The molecule has 3 aromatic carbocycles. The van der Waals surface area contributed by atoms with Crippen LogP contribution in [0.5, 0.6) is 17.2 Å². The number of hydrogen-bond donors (Lipinski definition) is 2. The Balaban J connectivity index is 0.000000707. The summed E-state index contributed by atoms with van der Waals surface area (Å²) in [6.45, 7) is 0.243. The number of pyridine rings is 1. The number of nitrogens with zero attached hydrogens (tertiary/aromatic N) is 2. The van der Waals surface area contributed by atoms with Crippen molar-refractivity contribution >= 4 is 34.4 Å². The van der Waals surface area contributed by atoms with Crippen LogP contribution < -0.4 is 14.2 Å². The highest BCUT2D eigenvalue weighted by molar-refractivity contribution is 6.18. The maximum Gasteiger partial charge on any atom is 0.490 e. The zero-order valence-corrected chi connectivity index (χ0v) is 24.1. The highest BCUT2D eigenvalue weighted by Gasteiger charge is 2.38. The number of rotatable bonds is 10. The lowest BCUT2D eigenvalue weighted by atomic mass is 9.99. The van der Waals surface area contributed by atoms with Crippen LogP contribution in [0.15, 0.2) is 72.9 Å². The average Bonchev–Trinajstić information content (AvgIpc) is 3.02. The monoisotopic (exact) mass is 628 g/mol. The molecule has 45 heavy (non-hydrogen) atoms. The predicted molar refractivity (Wildman–Crippen MR) is 154 cm³/mol. The number of amides is 1. The lowest BCUT2D eigenvalue weighted by Crippen LogP contribution is -2.30. The van der Waals surface area contributed by atoms with Gasteiger partial charge in [-0.05, 0) is 29.8 Å². The van der Waals surface area contributed by atoms with E-state index >= 15 is 0 Å². The molecule has 0 saturated carbocycles. The number of alkyl halides is 3. The van der Waals surface area contributed by atoms with Gasteiger partial charge in [-0.15, -0.1) is 0 Å². The molecule has 0 radical (unpaired) electrons. The first-order valence-electron chi connectivity index (χ1n) is 12.9. The average molecular weight is 629 g/mol. The van der Waals surface area contributed by atoms with Crippen molar-refractivity contribution in [3.05, 3.63) is 95.3 Å². The number of carboxylic acids is 2. The van der Waals surface area contributed by atoms with Gasteiger partial charge in [-0.1, -0.05) is 42.5 Å². The van der Waals surface area contributed by atoms with Crippen LogP contribution in [0.1, 0.15) is 32.0 Å². The van der Waals surface area contributed by atoms with Crippen molar-refractivity contribution in [1.29, 1.82) is 0 Å². The molecule has 1 heterocycles. The SMILES string of the molecule is COc1cc2c(C(=O)O)cnc(C(=O)c3cccc(OCC(=O)N(C)Cc4ccccc4)c3)c2cc1OC.O=C(O)C(F)(F)F. The van der Waals surface area contributed by atoms with Gasteiger partial charge in [-0.3, -0.25) is 14.6 Å². The van der Waals surface area contributed by atoms with Gasteiger partial charge in [-0.2, -0.15) is 13.2 Å². The molecule has 0 aliphatic heterocycles. The van der Waals surface area contributed by atoms with Crippen LogP contribution in [0, 0.1) is 0 Å². The van der Waals surface area contributed by atoms with Crippen molar-refractivity contribution < 1.29 is 56.8 Å². The summed E-state index contributed by atoms with van der Waals surface area (Å²) in [5.41, 5.74) is 1.23. The number of aliphatic carboxylic acids is 1. The standard InChI is InChI=1S/C29H26N2O7.C2HF3O2/c1-31(16-18-8-5-4-6-9-18)26(32)17-38-20-11-7-10-19(12-20)28(33)27-22-14-25(37-3)24(36-2)13-21(22)23(15-30-27)29(34)35;3-2(4,5)1(6)7/h4-15H,16-17H2,1-3H3,(H,34,35);(H,6,7). The Bertz CT molecular complexity index is 1710. The number of carbonyl (C=O) groups is 4. The largest absolute Gasteiger partial charge is 0.493 e. The molecule has 0 aliphatic carbocycles. The summed E-state index contributed by atoms with van der Waals surface area (Å²) >= 11 is 0. The maximum absolute atomic E-state index is 13.5. The topological polar surface area (TPSA) is 153 Å². The lowest BCUT2D eigenvalue weighted by molar-refractivity contribution is -0.192. The summed E-state index contributed by atoms with van der Waals surface area (Å²) in [5.74, 6) is -3.62. The maximum atomic E-state index is 13.5. The third-order valence-electron chi connectivity index (χ3n) is 6.23. The van der Waals surface area contributed by atoms with Crippen molar-refractivity contribution in [2.24, 2.45) is 0 Å². The number of benzene rings is 3. The van der Waals surface area contributed by atoms with E-state index in [0.29, 0.717) is 29.2 Å². The molecule has 4 aromatic rings. The van der Waals surface area contributed by atoms with Gasteiger partial charge >= 0.3 is 18.1 Å². The predicted octanol–water partition coefficient (Wildman–Crippen LogP) is 4.85. The molecule has 11 nitrogen and oxygen atoms in total. The lowest BCUT2D eigenvalue weighted by Gasteiger charge is -2.17. The van der Waals surface area contributed by atoms with Crippen molar-refractivity contribution in [2.45, 2.75) is 12.7 Å². The number of aromatic carboxylic acids is 1. The molecular formula is C31H27F3N2O9. The van der Waals surface area contributed by atoms with E-state index in [9.17, 15) is 32.7 Å². The minimum atomic E-state index is -5.08. The zero-order valence-electron chi connectivity index (χ0n) is 24.1. The van der Waals surface area contributed by atoms with E-state index in [0.717, 1.165) is 11.8 Å². The van der Waals surface area contributed by atoms with Crippen LogP contribution in [0.3, 0.4) is 0 Å². The van der Waals surface area contributed by atoms with Crippen LogP contribution in [0.4, 0.5) is 13.2 Å². The molecule has 0 spiro atoms. The van der Waals surface area contributed by atoms with Crippen LogP contribution >= 0.6 is 0 Å². The number of hydrogen-bond acceptors (Lipinski definition) is 8. The zero-order chi connectivity index (χ0) is 33.3. The number of ketones is 1. The third kappa shape index (κ3) is 8.69. The first kappa shape index (κ1) is 33.8. The number of aromatic nitrogens is 1. The minimum absolute atomic E-state index is 0.0433. The second-order valence-electron chi connectivity index (χ2n) is 9.26. The van der Waals surface area contributed by atoms with Gasteiger partial charge < -0.3 is 29.3 Å². The van der Waals surface area contributed by atoms with Crippen molar-refractivity contribution in [2.75, 3.05) is 27.9 Å². The van der Waals surface area contributed by atoms with Crippen molar-refractivity contribution in [3.8, 4) is 17.2 Å².